The first-order valence-electron chi connectivity index (χ1n) is 7.99. The van der Waals surface area contributed by atoms with E-state index in [1.165, 1.54) is 0 Å². The highest BCUT2D eigenvalue weighted by molar-refractivity contribution is 5.97. The molecular formula is C19H20N2O3. The number of ether oxygens (including phenoxy) is 1. The molecule has 4 N–H and O–H groups in total. The molecule has 0 radical (unpaired) electrons. The number of benzene rings is 2. The Morgan fingerprint density at radius 3 is 2.62 bits per heavy atom. The molecule has 5 heteroatoms. The molecule has 0 aromatic heterocycles. The van der Waals surface area contributed by atoms with Crippen LogP contribution in [0.25, 0.3) is 0 Å². The zero-order chi connectivity index (χ0) is 17.3. The summed E-state index contributed by atoms with van der Waals surface area (Å²) in [6.45, 7) is 1.84. The van der Waals surface area contributed by atoms with Crippen molar-refractivity contribution < 1.29 is 14.3 Å². The third kappa shape index (κ3) is 3.11. The molecule has 24 heavy (non-hydrogen) atoms. The second-order valence-corrected chi connectivity index (χ2v) is 6.17. The number of carbonyl (C=O) groups is 2. The van der Waals surface area contributed by atoms with Gasteiger partial charge in [0.25, 0.3) is 0 Å². The molecule has 0 saturated heterocycles. The van der Waals surface area contributed by atoms with Crippen molar-refractivity contribution in [3.05, 3.63) is 58.1 Å². The van der Waals surface area contributed by atoms with Crippen molar-refractivity contribution in [1.29, 1.82) is 0 Å². The van der Waals surface area contributed by atoms with Gasteiger partial charge < -0.3 is 16.2 Å². The van der Waals surface area contributed by atoms with Crippen molar-refractivity contribution >= 4 is 17.6 Å². The summed E-state index contributed by atoms with van der Waals surface area (Å²) in [5, 5.41) is 0. The second kappa shape index (κ2) is 6.35. The third-order valence-electron chi connectivity index (χ3n) is 4.29. The van der Waals surface area contributed by atoms with E-state index in [9.17, 15) is 9.59 Å². The topological polar surface area (TPSA) is 95.4 Å². The molecule has 124 valence electrons. The van der Waals surface area contributed by atoms with Crippen LogP contribution in [0.4, 0.5) is 5.69 Å². The number of amides is 1. The molecule has 2 aromatic carbocycles. The summed E-state index contributed by atoms with van der Waals surface area (Å²) in [5.74, 6) is -0.524. The van der Waals surface area contributed by atoms with Gasteiger partial charge in [-0.2, -0.15) is 0 Å². The van der Waals surface area contributed by atoms with E-state index in [4.69, 9.17) is 16.2 Å². The average molecular weight is 324 g/mol. The number of esters is 1. The van der Waals surface area contributed by atoms with E-state index in [0.717, 1.165) is 30.4 Å². The number of carbonyl (C=O) groups excluding carboxylic acids is 2. The van der Waals surface area contributed by atoms with Crippen LogP contribution in [0.1, 0.15) is 50.2 Å². The highest BCUT2D eigenvalue weighted by atomic mass is 16.5. The van der Waals surface area contributed by atoms with Crippen LogP contribution in [0, 0.1) is 6.92 Å². The van der Waals surface area contributed by atoms with Crippen LogP contribution in [0.3, 0.4) is 0 Å². The van der Waals surface area contributed by atoms with Crippen LogP contribution < -0.4 is 16.2 Å². The molecule has 3 rings (SSSR count). The Balaban J connectivity index is 2.09. The van der Waals surface area contributed by atoms with Gasteiger partial charge in [0.15, 0.2) is 0 Å². The molecule has 5 nitrogen and oxygen atoms in total. The highest BCUT2D eigenvalue weighted by Crippen LogP contribution is 2.29. The van der Waals surface area contributed by atoms with Gasteiger partial charge in [0, 0.05) is 16.8 Å². The van der Waals surface area contributed by atoms with Crippen LogP contribution in [0.2, 0.25) is 0 Å². The van der Waals surface area contributed by atoms with Gasteiger partial charge in [-0.1, -0.05) is 0 Å². The maximum atomic E-state index is 12.6. The van der Waals surface area contributed by atoms with Crippen LogP contribution >= 0.6 is 0 Å². The first-order chi connectivity index (χ1) is 11.5. The summed E-state index contributed by atoms with van der Waals surface area (Å²) in [7, 11) is 0. The Bertz CT molecular complexity index is 828. The van der Waals surface area contributed by atoms with Gasteiger partial charge in [0.1, 0.15) is 5.75 Å². The Hall–Kier alpha value is -2.82. The molecule has 0 atom stereocenters. The van der Waals surface area contributed by atoms with E-state index < -0.39 is 11.9 Å². The van der Waals surface area contributed by atoms with Crippen LogP contribution in [0.5, 0.6) is 5.75 Å². The Morgan fingerprint density at radius 2 is 1.88 bits per heavy atom. The van der Waals surface area contributed by atoms with Crippen LogP contribution in [-0.4, -0.2) is 11.9 Å². The first kappa shape index (κ1) is 16.1. The number of hydrogen-bond acceptors (Lipinski definition) is 4. The first-order valence-corrected chi connectivity index (χ1v) is 7.99. The minimum Gasteiger partial charge on any atom is -0.423 e. The zero-order valence-corrected chi connectivity index (χ0v) is 13.6. The molecule has 0 aliphatic carbocycles. The molecule has 0 unspecified atom stereocenters. The molecule has 0 fully saturated rings. The minimum absolute atomic E-state index is 0.415. The smallest absolute Gasteiger partial charge is 0.343 e. The van der Waals surface area contributed by atoms with Gasteiger partial charge in [-0.05, 0) is 74.1 Å². The molecule has 1 amide bonds. The zero-order valence-electron chi connectivity index (χ0n) is 13.6. The number of rotatable bonds is 1. The van der Waals surface area contributed by atoms with Crippen molar-refractivity contribution in [2.75, 3.05) is 5.73 Å². The largest absolute Gasteiger partial charge is 0.423 e. The standard InChI is InChI=1S/C19H20N2O3/c1-11-8-16(18(21)22)15-5-3-2-4-12-10-13(20)6-7-14(12)19(23)24-17(15)9-11/h6-10H,2-5,20H2,1H3,(H2,21,22). The highest BCUT2D eigenvalue weighted by Gasteiger charge is 2.21. The van der Waals surface area contributed by atoms with Gasteiger partial charge in [0.2, 0.25) is 5.91 Å². The second-order valence-electron chi connectivity index (χ2n) is 6.17. The number of fused-ring (bicyclic) bond motifs is 2. The van der Waals surface area contributed by atoms with Gasteiger partial charge in [-0.15, -0.1) is 0 Å². The molecule has 1 aliphatic heterocycles. The van der Waals surface area contributed by atoms with Crippen LogP contribution in [-0.2, 0) is 12.8 Å². The quantitative estimate of drug-likeness (QED) is 0.479. The Labute approximate surface area is 140 Å². The molecule has 0 saturated carbocycles. The summed E-state index contributed by atoms with van der Waals surface area (Å²) < 4.78 is 5.62. The van der Waals surface area contributed by atoms with E-state index in [-0.39, 0.29) is 0 Å². The molecule has 2 aromatic rings. The summed E-state index contributed by atoms with van der Waals surface area (Å²) in [5.41, 5.74) is 15.3. The molecule has 1 aliphatic rings. The predicted molar refractivity (Wildman–Crippen MR) is 92.2 cm³/mol. The van der Waals surface area contributed by atoms with Crippen molar-refractivity contribution in [3.8, 4) is 5.75 Å². The molecular weight excluding hydrogens is 304 g/mol. The molecule has 0 spiro atoms. The van der Waals surface area contributed by atoms with E-state index in [1.807, 2.05) is 13.0 Å². The lowest BCUT2D eigenvalue weighted by Crippen LogP contribution is -2.18. The van der Waals surface area contributed by atoms with E-state index in [2.05, 4.69) is 0 Å². The lowest BCUT2D eigenvalue weighted by Gasteiger charge is -2.18. The number of nitrogens with two attached hydrogens (primary N) is 2. The van der Waals surface area contributed by atoms with Gasteiger partial charge in [0.05, 0.1) is 5.56 Å². The van der Waals surface area contributed by atoms with Crippen molar-refractivity contribution in [1.82, 2.24) is 0 Å². The summed E-state index contributed by atoms with van der Waals surface area (Å²) in [6, 6.07) is 8.73. The normalized spacial score (nSPS) is 14.3. The van der Waals surface area contributed by atoms with Crippen molar-refractivity contribution in [2.45, 2.75) is 32.6 Å². The SMILES string of the molecule is Cc1cc2c(c(C(N)=O)c1)CCCCc1cc(N)ccc1C(=O)O2. The minimum atomic E-state index is -0.503. The predicted octanol–water partition coefficient (Wildman–Crippen LogP) is 2.77. The number of aryl methyl sites for hydroxylation is 2. The van der Waals surface area contributed by atoms with E-state index in [1.54, 1.807) is 24.3 Å². The fourth-order valence-corrected chi connectivity index (χ4v) is 3.14. The maximum absolute atomic E-state index is 12.6. The van der Waals surface area contributed by atoms with E-state index >= 15 is 0 Å². The summed E-state index contributed by atoms with van der Waals surface area (Å²) in [4.78, 5) is 24.4. The van der Waals surface area contributed by atoms with Gasteiger partial charge in [-0.25, -0.2) is 4.79 Å². The fourth-order valence-electron chi connectivity index (χ4n) is 3.14. The van der Waals surface area contributed by atoms with Crippen molar-refractivity contribution in [3.63, 3.8) is 0 Å². The lowest BCUT2D eigenvalue weighted by atomic mass is 9.94. The number of nitrogen functional groups attached to an aromatic ring is 1. The number of primary amides is 1. The van der Waals surface area contributed by atoms with Crippen LogP contribution in [0.15, 0.2) is 30.3 Å². The maximum Gasteiger partial charge on any atom is 0.343 e. The third-order valence-corrected chi connectivity index (χ3v) is 4.29. The monoisotopic (exact) mass is 324 g/mol. The Kier molecular flexibility index (Phi) is 4.25. The average Bonchev–Trinajstić information content (AvgIpc) is 2.52. The lowest BCUT2D eigenvalue weighted by molar-refractivity contribution is 0.0730. The van der Waals surface area contributed by atoms with Gasteiger partial charge in [-0.3, -0.25) is 4.79 Å². The summed E-state index contributed by atoms with van der Waals surface area (Å²) in [6.07, 6.45) is 3.12. The fraction of sp³-hybridized carbons (Fsp3) is 0.263. The van der Waals surface area contributed by atoms with E-state index in [0.29, 0.717) is 34.5 Å². The van der Waals surface area contributed by atoms with Crippen molar-refractivity contribution in [2.24, 2.45) is 5.73 Å². The van der Waals surface area contributed by atoms with Gasteiger partial charge >= 0.3 is 5.97 Å². The number of anilines is 1. The number of hydrogen-bond donors (Lipinski definition) is 2. The molecule has 1 heterocycles. The summed E-state index contributed by atoms with van der Waals surface area (Å²) >= 11 is 0. The Morgan fingerprint density at radius 1 is 1.12 bits per heavy atom. The molecule has 0 bridgehead atoms.